The third kappa shape index (κ3) is 4.23. The molecule has 1 heterocycles. The first-order valence-corrected chi connectivity index (χ1v) is 7.64. The first kappa shape index (κ1) is 18.2. The van der Waals surface area contributed by atoms with E-state index in [9.17, 15) is 19.2 Å². The predicted molar refractivity (Wildman–Crippen MR) is 92.2 cm³/mol. The number of benzene rings is 1. The number of amides is 2. The molecule has 0 bridgehead atoms. The highest BCUT2D eigenvalue weighted by Gasteiger charge is 2.15. The molecule has 1 aromatic heterocycles. The van der Waals surface area contributed by atoms with Crippen LogP contribution < -0.4 is 16.6 Å². The Kier molecular flexibility index (Phi) is 5.53. The highest BCUT2D eigenvalue weighted by Crippen LogP contribution is 2.02. The minimum atomic E-state index is -0.465. The predicted octanol–water partition coefficient (Wildman–Crippen LogP) is -0.528. The first-order chi connectivity index (χ1) is 11.8. The summed E-state index contributed by atoms with van der Waals surface area (Å²) < 4.78 is 2.28. The number of hydrogen-bond acceptors (Lipinski definition) is 4. The van der Waals surface area contributed by atoms with Crippen molar-refractivity contribution in [3.05, 3.63) is 68.5 Å². The van der Waals surface area contributed by atoms with Crippen LogP contribution in [0.15, 0.2) is 46.0 Å². The lowest BCUT2D eigenvalue weighted by Crippen LogP contribution is -2.41. The van der Waals surface area contributed by atoms with Crippen molar-refractivity contribution in [3.8, 4) is 0 Å². The van der Waals surface area contributed by atoms with E-state index >= 15 is 0 Å². The second kappa shape index (κ2) is 7.61. The molecule has 2 aromatic rings. The quantitative estimate of drug-likeness (QED) is 0.789. The minimum absolute atomic E-state index is 0.0218. The van der Waals surface area contributed by atoms with E-state index in [1.54, 1.807) is 30.3 Å². The van der Waals surface area contributed by atoms with E-state index in [-0.39, 0.29) is 24.9 Å². The number of nitrogens with one attached hydrogen (secondary N) is 1. The van der Waals surface area contributed by atoms with Crippen LogP contribution in [0.1, 0.15) is 16.1 Å². The van der Waals surface area contributed by atoms with Crippen LogP contribution >= 0.6 is 0 Å². The topological polar surface area (TPSA) is 93.4 Å². The van der Waals surface area contributed by atoms with Crippen LogP contribution in [0, 0.1) is 0 Å². The molecule has 1 aromatic carbocycles. The van der Waals surface area contributed by atoms with Crippen LogP contribution in [-0.2, 0) is 25.4 Å². The summed E-state index contributed by atoms with van der Waals surface area (Å²) in [5, 5.41) is 2.61. The Labute approximate surface area is 144 Å². The molecular formula is C17H20N4O4. The van der Waals surface area contributed by atoms with Gasteiger partial charge in [-0.25, -0.2) is 4.79 Å². The first-order valence-electron chi connectivity index (χ1n) is 7.64. The molecule has 2 amide bonds. The largest absolute Gasteiger partial charge is 0.349 e. The molecule has 8 heteroatoms. The summed E-state index contributed by atoms with van der Waals surface area (Å²) in [4.78, 5) is 49.0. The molecule has 0 saturated heterocycles. The number of rotatable bonds is 5. The molecule has 2 rings (SSSR count). The van der Waals surface area contributed by atoms with Crippen molar-refractivity contribution in [3.63, 3.8) is 0 Å². The highest BCUT2D eigenvalue weighted by molar-refractivity contribution is 5.96. The van der Waals surface area contributed by atoms with Gasteiger partial charge in [-0.1, -0.05) is 18.2 Å². The van der Waals surface area contributed by atoms with E-state index in [1.165, 1.54) is 36.7 Å². The van der Waals surface area contributed by atoms with Crippen LogP contribution in [0.2, 0.25) is 0 Å². The fourth-order valence-electron chi connectivity index (χ4n) is 2.28. The van der Waals surface area contributed by atoms with E-state index in [0.717, 1.165) is 4.57 Å². The van der Waals surface area contributed by atoms with Crippen LogP contribution in [-0.4, -0.2) is 39.4 Å². The van der Waals surface area contributed by atoms with Gasteiger partial charge in [-0.15, -0.1) is 0 Å². The second-order valence-corrected chi connectivity index (χ2v) is 5.68. The number of likely N-dealkylation sites (N-methyl/N-ethyl adjacent to an activating group) is 1. The summed E-state index contributed by atoms with van der Waals surface area (Å²) in [6.07, 6.45) is 0. The third-order valence-corrected chi connectivity index (χ3v) is 3.84. The van der Waals surface area contributed by atoms with Gasteiger partial charge in [0.1, 0.15) is 0 Å². The maximum absolute atomic E-state index is 12.2. The molecule has 0 aliphatic heterocycles. The summed E-state index contributed by atoms with van der Waals surface area (Å²) >= 11 is 0. The van der Waals surface area contributed by atoms with Gasteiger partial charge in [-0.3, -0.25) is 23.5 Å². The van der Waals surface area contributed by atoms with Crippen LogP contribution in [0.4, 0.5) is 0 Å². The lowest BCUT2D eigenvalue weighted by molar-refractivity contribution is -0.121. The van der Waals surface area contributed by atoms with Crippen molar-refractivity contribution < 1.29 is 9.59 Å². The second-order valence-electron chi connectivity index (χ2n) is 5.68. The smallest absolute Gasteiger partial charge is 0.330 e. The lowest BCUT2D eigenvalue weighted by atomic mass is 10.2. The lowest BCUT2D eigenvalue weighted by Gasteiger charge is -2.17. The zero-order valence-corrected chi connectivity index (χ0v) is 14.4. The Morgan fingerprint density at radius 1 is 1.08 bits per heavy atom. The van der Waals surface area contributed by atoms with Gasteiger partial charge in [0.25, 0.3) is 11.5 Å². The fourth-order valence-corrected chi connectivity index (χ4v) is 2.28. The van der Waals surface area contributed by atoms with Gasteiger partial charge < -0.3 is 10.2 Å². The molecule has 0 atom stereocenters. The average molecular weight is 344 g/mol. The number of carbonyl (C=O) groups is 2. The monoisotopic (exact) mass is 344 g/mol. The molecule has 132 valence electrons. The van der Waals surface area contributed by atoms with E-state index < -0.39 is 11.2 Å². The SMILES string of the molecule is CN(CC(=O)NCc1cc(=O)n(C)c(=O)n1C)C(=O)c1ccccc1. The summed E-state index contributed by atoms with van der Waals surface area (Å²) in [7, 11) is 4.44. The Bertz CT molecular complexity index is 899. The maximum atomic E-state index is 12.2. The van der Waals surface area contributed by atoms with Gasteiger partial charge in [0, 0.05) is 38.5 Å². The number of nitrogens with zero attached hydrogens (tertiary/aromatic N) is 3. The standard InChI is InChI=1S/C17H20N4O4/c1-19(16(24)12-7-5-4-6-8-12)11-14(22)18-10-13-9-15(23)21(3)17(25)20(13)2/h4-9H,10-11H2,1-3H3,(H,18,22). The van der Waals surface area contributed by atoms with Gasteiger partial charge in [0.15, 0.2) is 0 Å². The van der Waals surface area contributed by atoms with E-state index in [2.05, 4.69) is 5.32 Å². The van der Waals surface area contributed by atoms with Gasteiger partial charge in [-0.05, 0) is 12.1 Å². The number of aromatic nitrogens is 2. The average Bonchev–Trinajstić information content (AvgIpc) is 2.61. The van der Waals surface area contributed by atoms with Crippen molar-refractivity contribution in [1.29, 1.82) is 0 Å². The normalized spacial score (nSPS) is 10.4. The molecule has 0 aliphatic carbocycles. The van der Waals surface area contributed by atoms with Crippen LogP contribution in [0.25, 0.3) is 0 Å². The molecular weight excluding hydrogens is 324 g/mol. The number of carbonyl (C=O) groups excluding carboxylic acids is 2. The van der Waals surface area contributed by atoms with E-state index in [4.69, 9.17) is 0 Å². The Morgan fingerprint density at radius 3 is 2.36 bits per heavy atom. The Balaban J connectivity index is 1.99. The van der Waals surface area contributed by atoms with Crippen molar-refractivity contribution in [1.82, 2.24) is 19.4 Å². The van der Waals surface area contributed by atoms with Gasteiger partial charge in [0.2, 0.25) is 5.91 Å². The fraction of sp³-hybridized carbons (Fsp3) is 0.294. The van der Waals surface area contributed by atoms with E-state index in [0.29, 0.717) is 11.3 Å². The summed E-state index contributed by atoms with van der Waals surface area (Å²) in [5.74, 6) is -0.656. The van der Waals surface area contributed by atoms with Crippen LogP contribution in [0.5, 0.6) is 0 Å². The summed E-state index contributed by atoms with van der Waals surface area (Å²) in [6.45, 7) is -0.111. The third-order valence-electron chi connectivity index (χ3n) is 3.84. The van der Waals surface area contributed by atoms with Gasteiger partial charge in [-0.2, -0.15) is 0 Å². The van der Waals surface area contributed by atoms with Crippen molar-refractivity contribution in [2.24, 2.45) is 14.1 Å². The molecule has 0 spiro atoms. The highest BCUT2D eigenvalue weighted by atomic mass is 16.2. The Hall–Kier alpha value is -3.16. The molecule has 0 fully saturated rings. The minimum Gasteiger partial charge on any atom is -0.349 e. The molecule has 0 unspecified atom stereocenters. The zero-order valence-electron chi connectivity index (χ0n) is 14.4. The summed E-state index contributed by atoms with van der Waals surface area (Å²) in [6, 6.07) is 9.94. The van der Waals surface area contributed by atoms with Crippen LogP contribution in [0.3, 0.4) is 0 Å². The molecule has 1 N–H and O–H groups in total. The summed E-state index contributed by atoms with van der Waals surface area (Å²) in [5.41, 5.74) is -0.0258. The molecule has 25 heavy (non-hydrogen) atoms. The van der Waals surface area contributed by atoms with Crippen molar-refractivity contribution in [2.75, 3.05) is 13.6 Å². The number of hydrogen-bond donors (Lipinski definition) is 1. The van der Waals surface area contributed by atoms with Gasteiger partial charge in [0.05, 0.1) is 13.1 Å². The molecule has 0 aliphatic rings. The Morgan fingerprint density at radius 2 is 1.72 bits per heavy atom. The van der Waals surface area contributed by atoms with Crippen molar-refractivity contribution >= 4 is 11.8 Å². The zero-order chi connectivity index (χ0) is 18.6. The molecule has 0 saturated carbocycles. The molecule has 8 nitrogen and oxygen atoms in total. The van der Waals surface area contributed by atoms with Gasteiger partial charge >= 0.3 is 5.69 Å². The molecule has 0 radical (unpaired) electrons. The van der Waals surface area contributed by atoms with Crippen molar-refractivity contribution in [2.45, 2.75) is 6.54 Å². The van der Waals surface area contributed by atoms with E-state index in [1.807, 2.05) is 0 Å². The maximum Gasteiger partial charge on any atom is 0.330 e.